The van der Waals surface area contributed by atoms with Gasteiger partial charge in [0.2, 0.25) is 0 Å². The molecular weight excluding hydrogens is 224 g/mol. The second-order valence-corrected chi connectivity index (χ2v) is 3.43. The maximum Gasteiger partial charge on any atom is 0.287 e. The Hall–Kier alpha value is -2.57. The Morgan fingerprint density at radius 2 is 2.29 bits per heavy atom. The zero-order valence-electron chi connectivity index (χ0n) is 8.77. The summed E-state index contributed by atoms with van der Waals surface area (Å²) in [7, 11) is 0. The van der Waals surface area contributed by atoms with Crippen molar-refractivity contribution in [2.45, 2.75) is 6.54 Å². The molecule has 88 valence electrons. The van der Waals surface area contributed by atoms with Crippen LogP contribution < -0.4 is 5.32 Å². The highest BCUT2D eigenvalue weighted by Gasteiger charge is 2.13. The van der Waals surface area contributed by atoms with Crippen LogP contribution >= 0.6 is 0 Å². The highest BCUT2D eigenvalue weighted by molar-refractivity contribution is 5.93. The van der Waals surface area contributed by atoms with E-state index in [9.17, 15) is 14.9 Å². The number of hydrogen-bond donors (Lipinski definition) is 3. The fraction of sp³-hybridized carbons (Fsp3) is 0.100. The van der Waals surface area contributed by atoms with Gasteiger partial charge in [-0.05, 0) is 11.6 Å². The maximum atomic E-state index is 11.6. The molecule has 2 aromatic rings. The van der Waals surface area contributed by atoms with Crippen LogP contribution in [-0.2, 0) is 6.54 Å². The number of amides is 1. The number of nitrogens with zero attached hydrogens (tertiary/aromatic N) is 1. The molecule has 3 N–H and O–H groups in total. The van der Waals surface area contributed by atoms with Crippen LogP contribution in [-0.4, -0.2) is 20.8 Å². The van der Waals surface area contributed by atoms with Crippen molar-refractivity contribution in [3.05, 3.63) is 52.1 Å². The topological polar surface area (TPSA) is 104 Å². The Kier molecular flexibility index (Phi) is 2.91. The van der Waals surface area contributed by atoms with Crippen molar-refractivity contribution in [2.75, 3.05) is 0 Å². The molecule has 2 heterocycles. The molecule has 0 aliphatic carbocycles. The Bertz CT molecular complexity index is 530. The maximum absolute atomic E-state index is 11.6. The number of hydrogen-bond acceptors (Lipinski definition) is 3. The SMILES string of the molecule is O=C(NCc1cc[nH]c1)c1cc([N+](=O)[O-])c[nH]1. The fourth-order valence-corrected chi connectivity index (χ4v) is 1.37. The molecule has 0 bridgehead atoms. The summed E-state index contributed by atoms with van der Waals surface area (Å²) in [6, 6.07) is 3.03. The van der Waals surface area contributed by atoms with E-state index in [0.717, 1.165) is 5.56 Å². The van der Waals surface area contributed by atoms with Crippen LogP contribution in [0.15, 0.2) is 30.7 Å². The predicted octanol–water partition coefficient (Wildman–Crippen LogP) is 1.18. The van der Waals surface area contributed by atoms with E-state index in [0.29, 0.717) is 6.54 Å². The molecule has 0 saturated heterocycles. The molecule has 17 heavy (non-hydrogen) atoms. The first-order chi connectivity index (χ1) is 8.16. The zero-order chi connectivity index (χ0) is 12.3. The lowest BCUT2D eigenvalue weighted by molar-refractivity contribution is -0.384. The highest BCUT2D eigenvalue weighted by atomic mass is 16.6. The number of carbonyl (C=O) groups excluding carboxylic acids is 1. The first-order valence-corrected chi connectivity index (χ1v) is 4.89. The lowest BCUT2D eigenvalue weighted by Gasteiger charge is -2.00. The number of nitro groups is 1. The quantitative estimate of drug-likeness (QED) is 0.546. The van der Waals surface area contributed by atoms with E-state index in [1.165, 1.54) is 12.3 Å². The van der Waals surface area contributed by atoms with E-state index in [-0.39, 0.29) is 17.3 Å². The Balaban J connectivity index is 1.97. The minimum Gasteiger partial charge on any atom is -0.367 e. The predicted molar refractivity (Wildman–Crippen MR) is 59.4 cm³/mol. The molecular formula is C10H10N4O3. The molecule has 0 saturated carbocycles. The van der Waals surface area contributed by atoms with Crippen molar-refractivity contribution in [3.63, 3.8) is 0 Å². The summed E-state index contributed by atoms with van der Waals surface area (Å²) in [5.41, 5.74) is 0.975. The number of H-pyrrole nitrogens is 2. The number of aromatic amines is 2. The fourth-order valence-electron chi connectivity index (χ4n) is 1.37. The van der Waals surface area contributed by atoms with Crippen molar-refractivity contribution >= 4 is 11.6 Å². The Labute approximate surface area is 96.0 Å². The van der Waals surface area contributed by atoms with Crippen molar-refractivity contribution in [2.24, 2.45) is 0 Å². The van der Waals surface area contributed by atoms with Gasteiger partial charge in [0.25, 0.3) is 11.6 Å². The summed E-state index contributed by atoms with van der Waals surface area (Å²) in [6.45, 7) is 0.370. The molecule has 0 aliphatic rings. The molecule has 0 atom stereocenters. The van der Waals surface area contributed by atoms with Crippen LogP contribution in [0.1, 0.15) is 16.1 Å². The molecule has 7 heteroatoms. The highest BCUT2D eigenvalue weighted by Crippen LogP contribution is 2.11. The second kappa shape index (κ2) is 4.52. The molecule has 0 spiro atoms. The molecule has 0 radical (unpaired) electrons. The van der Waals surface area contributed by atoms with Crippen LogP contribution in [0.3, 0.4) is 0 Å². The molecule has 2 rings (SSSR count). The normalized spacial score (nSPS) is 10.1. The molecule has 0 unspecified atom stereocenters. The first kappa shape index (κ1) is 10.9. The summed E-state index contributed by atoms with van der Waals surface area (Å²) in [6.07, 6.45) is 4.70. The molecule has 2 aromatic heterocycles. The van der Waals surface area contributed by atoms with Crippen LogP contribution in [0, 0.1) is 10.1 Å². The van der Waals surface area contributed by atoms with Crippen molar-refractivity contribution in [1.82, 2.24) is 15.3 Å². The average Bonchev–Trinajstić information content (AvgIpc) is 2.96. The lowest BCUT2D eigenvalue weighted by Crippen LogP contribution is -2.22. The van der Waals surface area contributed by atoms with Crippen LogP contribution in [0.2, 0.25) is 0 Å². The van der Waals surface area contributed by atoms with Gasteiger partial charge in [-0.25, -0.2) is 0 Å². The van der Waals surface area contributed by atoms with E-state index in [1.807, 2.05) is 6.07 Å². The number of aromatic nitrogens is 2. The largest absolute Gasteiger partial charge is 0.367 e. The van der Waals surface area contributed by atoms with Gasteiger partial charge >= 0.3 is 0 Å². The van der Waals surface area contributed by atoms with Gasteiger partial charge in [0.1, 0.15) is 5.69 Å². The third kappa shape index (κ3) is 2.51. The van der Waals surface area contributed by atoms with Gasteiger partial charge in [-0.3, -0.25) is 14.9 Å². The van der Waals surface area contributed by atoms with E-state index in [4.69, 9.17) is 0 Å². The van der Waals surface area contributed by atoms with Crippen molar-refractivity contribution in [1.29, 1.82) is 0 Å². The van der Waals surface area contributed by atoms with Gasteiger partial charge < -0.3 is 15.3 Å². The summed E-state index contributed by atoms with van der Waals surface area (Å²) < 4.78 is 0. The van der Waals surface area contributed by atoms with Crippen molar-refractivity contribution in [3.8, 4) is 0 Å². The summed E-state index contributed by atoms with van der Waals surface area (Å²) in [5.74, 6) is -0.376. The average molecular weight is 234 g/mol. The third-order valence-electron chi connectivity index (χ3n) is 2.24. The van der Waals surface area contributed by atoms with Gasteiger partial charge in [-0.2, -0.15) is 0 Å². The van der Waals surface area contributed by atoms with E-state index >= 15 is 0 Å². The van der Waals surface area contributed by atoms with Crippen LogP contribution in [0.25, 0.3) is 0 Å². The molecule has 0 aromatic carbocycles. The van der Waals surface area contributed by atoms with E-state index in [2.05, 4.69) is 15.3 Å². The van der Waals surface area contributed by atoms with Crippen LogP contribution in [0.4, 0.5) is 5.69 Å². The summed E-state index contributed by atoms with van der Waals surface area (Å²) in [4.78, 5) is 26.9. The lowest BCUT2D eigenvalue weighted by atomic mass is 10.3. The van der Waals surface area contributed by atoms with Gasteiger partial charge in [-0.15, -0.1) is 0 Å². The smallest absolute Gasteiger partial charge is 0.287 e. The van der Waals surface area contributed by atoms with E-state index in [1.54, 1.807) is 12.4 Å². The van der Waals surface area contributed by atoms with Gasteiger partial charge in [-0.1, -0.05) is 0 Å². The minimum absolute atomic E-state index is 0.128. The Morgan fingerprint density at radius 3 is 2.88 bits per heavy atom. The summed E-state index contributed by atoms with van der Waals surface area (Å²) >= 11 is 0. The number of rotatable bonds is 4. The molecule has 0 aliphatic heterocycles. The molecule has 7 nitrogen and oxygen atoms in total. The first-order valence-electron chi connectivity index (χ1n) is 4.89. The van der Waals surface area contributed by atoms with Crippen molar-refractivity contribution < 1.29 is 9.72 Å². The second-order valence-electron chi connectivity index (χ2n) is 3.43. The molecule has 0 fully saturated rings. The number of carbonyl (C=O) groups is 1. The summed E-state index contributed by atoms with van der Waals surface area (Å²) in [5, 5.41) is 13.1. The minimum atomic E-state index is -0.556. The third-order valence-corrected chi connectivity index (χ3v) is 2.24. The zero-order valence-corrected chi connectivity index (χ0v) is 8.77. The standard InChI is InChI=1S/C10H10N4O3/c15-10(13-5-7-1-2-11-4-7)9-3-8(6-12-9)14(16)17/h1-4,6,11-12H,5H2,(H,13,15). The van der Waals surface area contributed by atoms with Gasteiger partial charge in [0, 0.05) is 25.0 Å². The monoisotopic (exact) mass is 234 g/mol. The van der Waals surface area contributed by atoms with Gasteiger partial charge in [0.15, 0.2) is 0 Å². The Morgan fingerprint density at radius 1 is 1.47 bits per heavy atom. The van der Waals surface area contributed by atoms with Crippen LogP contribution in [0.5, 0.6) is 0 Å². The molecule has 1 amide bonds. The van der Waals surface area contributed by atoms with E-state index < -0.39 is 4.92 Å². The number of nitrogens with one attached hydrogen (secondary N) is 3. The van der Waals surface area contributed by atoms with Gasteiger partial charge in [0.05, 0.1) is 11.1 Å².